The molecule has 1 saturated heterocycles. The fourth-order valence-corrected chi connectivity index (χ4v) is 2.81. The summed E-state index contributed by atoms with van der Waals surface area (Å²) in [5, 5.41) is 0. The fourth-order valence-electron chi connectivity index (χ4n) is 2.81. The third-order valence-corrected chi connectivity index (χ3v) is 4.17. The first-order valence-corrected chi connectivity index (χ1v) is 8.30. The standard InChI is InChI=1S/C19H21N3O3/c20-19(24)22-12-4-11-21(13-14-22)18(23)15-7-9-17(10-8-15)25-16-5-2-1-3-6-16/h1-3,5-10H,4,11-14H2,(H2,20,24). The van der Waals surface area contributed by atoms with Crippen LogP contribution in [0.5, 0.6) is 11.5 Å². The van der Waals surface area contributed by atoms with E-state index in [0.717, 1.165) is 12.2 Å². The number of amides is 3. The van der Waals surface area contributed by atoms with Crippen LogP contribution in [0, 0.1) is 0 Å². The van der Waals surface area contributed by atoms with Gasteiger partial charge in [-0.15, -0.1) is 0 Å². The van der Waals surface area contributed by atoms with Gasteiger partial charge in [0.05, 0.1) is 0 Å². The molecule has 1 heterocycles. The van der Waals surface area contributed by atoms with Crippen LogP contribution in [0.3, 0.4) is 0 Å². The van der Waals surface area contributed by atoms with Crippen LogP contribution < -0.4 is 10.5 Å². The lowest BCUT2D eigenvalue weighted by atomic mass is 10.2. The second-order valence-electron chi connectivity index (χ2n) is 5.91. The van der Waals surface area contributed by atoms with Gasteiger partial charge in [0.25, 0.3) is 5.91 Å². The number of nitrogens with two attached hydrogens (primary N) is 1. The van der Waals surface area contributed by atoms with E-state index in [9.17, 15) is 9.59 Å². The number of urea groups is 1. The quantitative estimate of drug-likeness (QED) is 0.934. The molecule has 0 bridgehead atoms. The van der Waals surface area contributed by atoms with Crippen LogP contribution in [-0.4, -0.2) is 47.9 Å². The van der Waals surface area contributed by atoms with E-state index in [1.807, 2.05) is 30.3 Å². The number of benzene rings is 2. The largest absolute Gasteiger partial charge is 0.457 e. The van der Waals surface area contributed by atoms with Gasteiger partial charge in [-0.1, -0.05) is 18.2 Å². The Morgan fingerprint density at radius 2 is 1.40 bits per heavy atom. The van der Waals surface area contributed by atoms with Crippen LogP contribution >= 0.6 is 0 Å². The number of carbonyl (C=O) groups excluding carboxylic acids is 2. The zero-order valence-electron chi connectivity index (χ0n) is 13.9. The highest BCUT2D eigenvalue weighted by Crippen LogP contribution is 2.21. The molecule has 130 valence electrons. The second-order valence-corrected chi connectivity index (χ2v) is 5.91. The summed E-state index contributed by atoms with van der Waals surface area (Å²) in [5.41, 5.74) is 5.92. The summed E-state index contributed by atoms with van der Waals surface area (Å²) in [6.45, 7) is 2.16. The van der Waals surface area contributed by atoms with Crippen LogP contribution in [0.2, 0.25) is 0 Å². The zero-order valence-corrected chi connectivity index (χ0v) is 13.9. The maximum Gasteiger partial charge on any atom is 0.314 e. The van der Waals surface area contributed by atoms with Crippen molar-refractivity contribution in [2.24, 2.45) is 5.73 Å². The molecule has 2 aromatic rings. The summed E-state index contributed by atoms with van der Waals surface area (Å²) in [5.74, 6) is 1.39. The van der Waals surface area contributed by atoms with E-state index in [0.29, 0.717) is 37.5 Å². The first kappa shape index (κ1) is 16.8. The van der Waals surface area contributed by atoms with Crippen molar-refractivity contribution < 1.29 is 14.3 Å². The Bertz CT molecular complexity index is 731. The summed E-state index contributed by atoms with van der Waals surface area (Å²) in [6.07, 6.45) is 0.726. The van der Waals surface area contributed by atoms with Crippen LogP contribution in [0.15, 0.2) is 54.6 Å². The number of hydrogen-bond acceptors (Lipinski definition) is 3. The van der Waals surface area contributed by atoms with Crippen LogP contribution in [0.4, 0.5) is 4.79 Å². The van der Waals surface area contributed by atoms with Crippen molar-refractivity contribution in [3.63, 3.8) is 0 Å². The highest BCUT2D eigenvalue weighted by atomic mass is 16.5. The number of primary amides is 1. The lowest BCUT2D eigenvalue weighted by molar-refractivity contribution is 0.0762. The molecule has 2 aromatic carbocycles. The highest BCUT2D eigenvalue weighted by Gasteiger charge is 2.21. The maximum absolute atomic E-state index is 12.6. The molecule has 1 fully saturated rings. The van der Waals surface area contributed by atoms with Gasteiger partial charge in [0.1, 0.15) is 11.5 Å². The third-order valence-electron chi connectivity index (χ3n) is 4.17. The summed E-state index contributed by atoms with van der Waals surface area (Å²) >= 11 is 0. The molecule has 1 aliphatic rings. The molecule has 3 rings (SSSR count). The molecule has 0 atom stereocenters. The molecule has 2 N–H and O–H groups in total. The fraction of sp³-hybridized carbons (Fsp3) is 0.263. The van der Waals surface area contributed by atoms with E-state index in [-0.39, 0.29) is 5.91 Å². The Labute approximate surface area is 146 Å². The molecular weight excluding hydrogens is 318 g/mol. The predicted molar refractivity (Wildman–Crippen MR) is 94.6 cm³/mol. The van der Waals surface area contributed by atoms with E-state index in [4.69, 9.17) is 10.5 Å². The highest BCUT2D eigenvalue weighted by molar-refractivity contribution is 5.94. The lowest BCUT2D eigenvalue weighted by Crippen LogP contribution is -2.39. The number of rotatable bonds is 3. The van der Waals surface area contributed by atoms with E-state index >= 15 is 0 Å². The molecule has 6 nitrogen and oxygen atoms in total. The minimum Gasteiger partial charge on any atom is -0.457 e. The Morgan fingerprint density at radius 3 is 2.08 bits per heavy atom. The van der Waals surface area contributed by atoms with Gasteiger partial charge in [-0.25, -0.2) is 4.79 Å². The van der Waals surface area contributed by atoms with Gasteiger partial charge in [0, 0.05) is 31.7 Å². The summed E-state index contributed by atoms with van der Waals surface area (Å²) in [6, 6.07) is 16.1. The minimum atomic E-state index is -0.434. The van der Waals surface area contributed by atoms with Gasteiger partial charge in [0.2, 0.25) is 0 Å². The van der Waals surface area contributed by atoms with Gasteiger partial charge >= 0.3 is 6.03 Å². The molecule has 3 amide bonds. The smallest absolute Gasteiger partial charge is 0.314 e. The lowest BCUT2D eigenvalue weighted by Gasteiger charge is -2.21. The predicted octanol–water partition coefficient (Wildman–Crippen LogP) is 2.71. The molecular formula is C19H21N3O3. The van der Waals surface area contributed by atoms with Crippen molar-refractivity contribution in [3.05, 3.63) is 60.2 Å². The van der Waals surface area contributed by atoms with E-state index in [2.05, 4.69) is 0 Å². The average molecular weight is 339 g/mol. The van der Waals surface area contributed by atoms with Crippen molar-refractivity contribution in [3.8, 4) is 11.5 Å². The summed E-state index contributed by atoms with van der Waals surface area (Å²) < 4.78 is 5.74. The van der Waals surface area contributed by atoms with Crippen molar-refractivity contribution in [1.29, 1.82) is 0 Å². The first-order valence-electron chi connectivity index (χ1n) is 8.30. The average Bonchev–Trinajstić information content (AvgIpc) is 2.89. The topological polar surface area (TPSA) is 75.9 Å². The maximum atomic E-state index is 12.6. The normalized spacial score (nSPS) is 14.7. The summed E-state index contributed by atoms with van der Waals surface area (Å²) in [4.78, 5) is 27.3. The molecule has 0 spiro atoms. The molecule has 0 aliphatic carbocycles. The van der Waals surface area contributed by atoms with Gasteiger partial charge in [-0.2, -0.15) is 0 Å². The number of carbonyl (C=O) groups is 2. The molecule has 6 heteroatoms. The SMILES string of the molecule is NC(=O)N1CCCN(C(=O)c2ccc(Oc3ccccc3)cc2)CC1. The Balaban J connectivity index is 1.63. The van der Waals surface area contributed by atoms with Crippen LogP contribution in [0.25, 0.3) is 0 Å². The van der Waals surface area contributed by atoms with E-state index in [1.165, 1.54) is 0 Å². The first-order chi connectivity index (χ1) is 12.1. The Kier molecular flexibility index (Phi) is 5.18. The van der Waals surface area contributed by atoms with Crippen molar-refractivity contribution in [1.82, 2.24) is 9.80 Å². The monoisotopic (exact) mass is 339 g/mol. The molecule has 0 unspecified atom stereocenters. The summed E-state index contributed by atoms with van der Waals surface area (Å²) in [7, 11) is 0. The molecule has 1 aliphatic heterocycles. The third kappa shape index (κ3) is 4.29. The van der Waals surface area contributed by atoms with E-state index < -0.39 is 6.03 Å². The molecule has 25 heavy (non-hydrogen) atoms. The van der Waals surface area contributed by atoms with E-state index in [1.54, 1.807) is 34.1 Å². The van der Waals surface area contributed by atoms with Crippen LogP contribution in [-0.2, 0) is 0 Å². The van der Waals surface area contributed by atoms with Gasteiger partial charge in [-0.3, -0.25) is 4.79 Å². The number of para-hydroxylation sites is 1. The van der Waals surface area contributed by atoms with Crippen LogP contribution in [0.1, 0.15) is 16.8 Å². The number of hydrogen-bond donors (Lipinski definition) is 1. The minimum absolute atomic E-state index is 0.0439. The zero-order chi connectivity index (χ0) is 17.6. The van der Waals surface area contributed by atoms with Crippen molar-refractivity contribution in [2.45, 2.75) is 6.42 Å². The van der Waals surface area contributed by atoms with Crippen molar-refractivity contribution in [2.75, 3.05) is 26.2 Å². The second kappa shape index (κ2) is 7.70. The number of ether oxygens (including phenoxy) is 1. The molecule has 0 saturated carbocycles. The number of nitrogens with zero attached hydrogens (tertiary/aromatic N) is 2. The molecule has 0 aromatic heterocycles. The Hall–Kier alpha value is -3.02. The van der Waals surface area contributed by atoms with Crippen molar-refractivity contribution >= 4 is 11.9 Å². The molecule has 0 radical (unpaired) electrons. The van der Waals surface area contributed by atoms with Gasteiger partial charge in [0.15, 0.2) is 0 Å². The Morgan fingerprint density at radius 1 is 0.800 bits per heavy atom. The van der Waals surface area contributed by atoms with Gasteiger partial charge < -0.3 is 20.3 Å². The van der Waals surface area contributed by atoms with Gasteiger partial charge in [-0.05, 0) is 42.8 Å².